The molecule has 4 aromatic rings. The lowest BCUT2D eigenvalue weighted by atomic mass is 10.2. The highest BCUT2D eigenvalue weighted by Gasteiger charge is 2.08. The fourth-order valence-electron chi connectivity index (χ4n) is 2.90. The average Bonchev–Trinajstić information content (AvgIpc) is 3.17. The second kappa shape index (κ2) is 7.25. The molecule has 4 rings (SSSR count). The monoisotopic (exact) mass is 359 g/mol. The van der Waals surface area contributed by atoms with Crippen LogP contribution in [0.1, 0.15) is 5.56 Å². The number of nitrogens with zero attached hydrogens (tertiary/aromatic N) is 4. The summed E-state index contributed by atoms with van der Waals surface area (Å²) < 4.78 is 3.12. The van der Waals surface area contributed by atoms with Crippen LogP contribution in [0.3, 0.4) is 0 Å². The van der Waals surface area contributed by atoms with Crippen LogP contribution < -0.4 is 10.9 Å². The second-order valence-corrected chi connectivity index (χ2v) is 6.15. The van der Waals surface area contributed by atoms with E-state index in [1.54, 1.807) is 29.1 Å². The van der Waals surface area contributed by atoms with Crippen molar-refractivity contribution in [2.75, 3.05) is 5.32 Å². The normalized spacial score (nSPS) is 10.8. The second-order valence-electron chi connectivity index (χ2n) is 6.15. The van der Waals surface area contributed by atoms with Crippen molar-refractivity contribution >= 4 is 22.5 Å². The molecule has 0 fully saturated rings. The highest BCUT2D eigenvalue weighted by Crippen LogP contribution is 2.12. The number of benzene rings is 2. The third-order valence-electron chi connectivity index (χ3n) is 4.16. The van der Waals surface area contributed by atoms with Gasteiger partial charge in [-0.15, -0.1) is 0 Å². The summed E-state index contributed by atoms with van der Waals surface area (Å²) in [5.74, 6) is -0.287. The molecule has 0 aliphatic rings. The number of amides is 1. The van der Waals surface area contributed by atoms with Crippen LogP contribution in [0.4, 0.5) is 5.69 Å². The number of anilines is 1. The van der Waals surface area contributed by atoms with Gasteiger partial charge in [-0.25, -0.2) is 4.98 Å². The standard InChI is InChI=1S/C20H17N5O2/c26-19(13-24-14-21-18-8-2-1-7-17(18)20(24)27)23-16-6-3-5-15(11-16)12-25-10-4-9-22-25/h1-11,14H,12-13H2,(H,23,26). The van der Waals surface area contributed by atoms with E-state index in [9.17, 15) is 9.59 Å². The number of nitrogens with one attached hydrogen (secondary N) is 1. The molecule has 0 spiro atoms. The molecule has 0 bridgehead atoms. The molecule has 0 radical (unpaired) electrons. The maximum absolute atomic E-state index is 12.5. The van der Waals surface area contributed by atoms with Crippen molar-refractivity contribution < 1.29 is 4.79 Å². The Morgan fingerprint density at radius 3 is 2.81 bits per heavy atom. The molecule has 0 atom stereocenters. The Hall–Kier alpha value is -3.74. The molecule has 1 amide bonds. The lowest BCUT2D eigenvalue weighted by Crippen LogP contribution is -2.27. The van der Waals surface area contributed by atoms with Gasteiger partial charge in [0.05, 0.1) is 23.8 Å². The zero-order chi connectivity index (χ0) is 18.6. The number of aromatic nitrogens is 4. The van der Waals surface area contributed by atoms with Gasteiger partial charge >= 0.3 is 0 Å². The van der Waals surface area contributed by atoms with Crippen LogP contribution in [0, 0.1) is 0 Å². The highest BCUT2D eigenvalue weighted by molar-refractivity contribution is 5.90. The van der Waals surface area contributed by atoms with Gasteiger partial charge in [-0.05, 0) is 35.9 Å². The summed E-state index contributed by atoms with van der Waals surface area (Å²) in [6.07, 6.45) is 5.00. The maximum Gasteiger partial charge on any atom is 0.261 e. The number of para-hydroxylation sites is 1. The molecular formula is C20H17N5O2. The van der Waals surface area contributed by atoms with Crippen LogP contribution in [-0.2, 0) is 17.9 Å². The Kier molecular flexibility index (Phi) is 4.49. The summed E-state index contributed by atoms with van der Waals surface area (Å²) in [5.41, 5.74) is 2.07. The smallest absolute Gasteiger partial charge is 0.261 e. The Morgan fingerprint density at radius 1 is 1.07 bits per heavy atom. The predicted molar refractivity (Wildman–Crippen MR) is 102 cm³/mol. The first kappa shape index (κ1) is 16.7. The van der Waals surface area contributed by atoms with Crippen LogP contribution in [0.5, 0.6) is 0 Å². The SMILES string of the molecule is O=C(Cn1cnc2ccccc2c1=O)Nc1cccc(Cn2cccn2)c1. The van der Waals surface area contributed by atoms with E-state index in [1.807, 2.05) is 42.6 Å². The van der Waals surface area contributed by atoms with Crippen molar-refractivity contribution in [3.8, 4) is 0 Å². The van der Waals surface area contributed by atoms with Crippen LogP contribution in [0.15, 0.2) is 78.1 Å². The van der Waals surface area contributed by atoms with Crippen molar-refractivity contribution in [2.45, 2.75) is 13.1 Å². The van der Waals surface area contributed by atoms with Crippen LogP contribution in [0.25, 0.3) is 10.9 Å². The first-order chi connectivity index (χ1) is 13.2. The molecule has 0 unspecified atom stereocenters. The topological polar surface area (TPSA) is 81.8 Å². The number of rotatable bonds is 5. The third-order valence-corrected chi connectivity index (χ3v) is 4.16. The van der Waals surface area contributed by atoms with E-state index in [2.05, 4.69) is 15.4 Å². The molecular weight excluding hydrogens is 342 g/mol. The van der Waals surface area contributed by atoms with Crippen molar-refractivity contribution in [1.29, 1.82) is 0 Å². The van der Waals surface area contributed by atoms with Crippen molar-refractivity contribution in [1.82, 2.24) is 19.3 Å². The molecule has 2 aromatic heterocycles. The first-order valence-electron chi connectivity index (χ1n) is 8.49. The molecule has 134 valence electrons. The van der Waals surface area contributed by atoms with E-state index >= 15 is 0 Å². The molecule has 1 N–H and O–H groups in total. The van der Waals surface area contributed by atoms with E-state index in [1.165, 1.54) is 10.9 Å². The molecule has 0 saturated carbocycles. The fraction of sp³-hybridized carbons (Fsp3) is 0.100. The van der Waals surface area contributed by atoms with Crippen molar-refractivity contribution in [3.63, 3.8) is 0 Å². The summed E-state index contributed by atoms with van der Waals surface area (Å²) in [7, 11) is 0. The third kappa shape index (κ3) is 3.77. The lowest BCUT2D eigenvalue weighted by molar-refractivity contribution is -0.116. The number of carbonyl (C=O) groups is 1. The van der Waals surface area contributed by atoms with Gasteiger partial charge in [-0.3, -0.25) is 18.8 Å². The summed E-state index contributed by atoms with van der Waals surface area (Å²) in [5, 5.41) is 7.50. The van der Waals surface area contributed by atoms with Crippen molar-refractivity contribution in [2.24, 2.45) is 0 Å². The van der Waals surface area contributed by atoms with Gasteiger partial charge in [0.25, 0.3) is 5.56 Å². The van der Waals surface area contributed by atoms with Crippen LogP contribution in [0.2, 0.25) is 0 Å². The Labute approximate surface area is 154 Å². The van der Waals surface area contributed by atoms with Gasteiger partial charge in [0.15, 0.2) is 0 Å². The van der Waals surface area contributed by atoms with Gasteiger partial charge in [0.2, 0.25) is 5.91 Å². The molecule has 2 heterocycles. The molecule has 7 nitrogen and oxygen atoms in total. The zero-order valence-electron chi connectivity index (χ0n) is 14.4. The maximum atomic E-state index is 12.5. The molecule has 0 aliphatic carbocycles. The molecule has 0 aliphatic heterocycles. The minimum atomic E-state index is -0.287. The Morgan fingerprint density at radius 2 is 1.96 bits per heavy atom. The van der Waals surface area contributed by atoms with E-state index < -0.39 is 0 Å². The number of carbonyl (C=O) groups excluding carboxylic acids is 1. The van der Waals surface area contributed by atoms with E-state index in [4.69, 9.17) is 0 Å². The quantitative estimate of drug-likeness (QED) is 0.593. The molecule has 7 heteroatoms. The summed E-state index contributed by atoms with van der Waals surface area (Å²) in [4.78, 5) is 29.1. The summed E-state index contributed by atoms with van der Waals surface area (Å²) in [6, 6.07) is 16.5. The van der Waals surface area contributed by atoms with Gasteiger partial charge in [-0.2, -0.15) is 5.10 Å². The van der Waals surface area contributed by atoms with Gasteiger partial charge in [0.1, 0.15) is 6.54 Å². The van der Waals surface area contributed by atoms with E-state index in [0.717, 1.165) is 5.56 Å². The number of hydrogen-bond acceptors (Lipinski definition) is 4. The van der Waals surface area contributed by atoms with Crippen LogP contribution in [-0.4, -0.2) is 25.2 Å². The van der Waals surface area contributed by atoms with E-state index in [0.29, 0.717) is 23.1 Å². The lowest BCUT2D eigenvalue weighted by Gasteiger charge is -2.09. The van der Waals surface area contributed by atoms with Gasteiger partial charge in [-0.1, -0.05) is 24.3 Å². The number of fused-ring (bicyclic) bond motifs is 1. The average molecular weight is 359 g/mol. The summed E-state index contributed by atoms with van der Waals surface area (Å²) >= 11 is 0. The number of hydrogen-bond donors (Lipinski definition) is 1. The van der Waals surface area contributed by atoms with Crippen LogP contribution >= 0.6 is 0 Å². The Balaban J connectivity index is 1.48. The first-order valence-corrected chi connectivity index (χ1v) is 8.49. The predicted octanol–water partition coefficient (Wildman–Crippen LogP) is 2.28. The minimum absolute atomic E-state index is 0.0972. The largest absolute Gasteiger partial charge is 0.325 e. The zero-order valence-corrected chi connectivity index (χ0v) is 14.4. The molecule has 27 heavy (non-hydrogen) atoms. The van der Waals surface area contributed by atoms with Gasteiger partial charge < -0.3 is 5.32 Å². The van der Waals surface area contributed by atoms with Crippen molar-refractivity contribution in [3.05, 3.63) is 89.2 Å². The van der Waals surface area contributed by atoms with E-state index in [-0.39, 0.29) is 18.0 Å². The molecule has 0 saturated heterocycles. The highest BCUT2D eigenvalue weighted by atomic mass is 16.2. The van der Waals surface area contributed by atoms with Gasteiger partial charge in [0, 0.05) is 18.1 Å². The fourth-order valence-corrected chi connectivity index (χ4v) is 2.90. The minimum Gasteiger partial charge on any atom is -0.325 e. The Bertz CT molecular complexity index is 1150. The summed E-state index contributed by atoms with van der Waals surface area (Å²) in [6.45, 7) is 0.519. The molecule has 2 aromatic carbocycles.